The van der Waals surface area contributed by atoms with Crippen LogP contribution in [0.15, 0.2) is 23.3 Å². The van der Waals surface area contributed by atoms with Crippen LogP contribution in [0.1, 0.15) is 99.3 Å². The minimum Gasteiger partial charge on any atom is -0.459 e. The number of cyclic esters (lactones) is 1. The van der Waals surface area contributed by atoms with Crippen LogP contribution in [0.25, 0.3) is 0 Å². The lowest BCUT2D eigenvalue weighted by atomic mass is 9.52. The number of ether oxygens (including phenoxy) is 3. The van der Waals surface area contributed by atoms with E-state index in [9.17, 15) is 14.4 Å². The molecule has 0 amide bonds. The van der Waals surface area contributed by atoms with Crippen LogP contribution in [0.2, 0.25) is 0 Å². The maximum atomic E-state index is 13.0. The van der Waals surface area contributed by atoms with Crippen LogP contribution < -0.4 is 0 Å². The fourth-order valence-corrected chi connectivity index (χ4v) is 10.2. The van der Waals surface area contributed by atoms with E-state index in [1.165, 1.54) is 13.3 Å². The first-order valence-electron chi connectivity index (χ1n) is 14.8. The molecular weight excluding hydrogens is 480 g/mol. The van der Waals surface area contributed by atoms with Crippen molar-refractivity contribution in [3.05, 3.63) is 23.3 Å². The molecule has 6 aliphatic rings. The van der Waals surface area contributed by atoms with Crippen molar-refractivity contribution in [2.75, 3.05) is 0 Å². The number of fused-ring (bicyclic) bond motifs is 5. The molecule has 0 aromatic carbocycles. The molecule has 3 fully saturated rings. The molecule has 6 rings (SSSR count). The predicted octanol–water partition coefficient (Wildman–Crippen LogP) is 6.08. The number of hydrogen-bond donors (Lipinski definition) is 0. The van der Waals surface area contributed by atoms with E-state index in [2.05, 4.69) is 33.8 Å². The zero-order chi connectivity index (χ0) is 27.3. The van der Waals surface area contributed by atoms with E-state index in [-0.39, 0.29) is 34.8 Å². The van der Waals surface area contributed by atoms with Crippen LogP contribution in [0.3, 0.4) is 0 Å². The highest BCUT2D eigenvalue weighted by Crippen LogP contribution is 2.70. The third kappa shape index (κ3) is 3.60. The fraction of sp³-hybridized carbons (Fsp3) is 0.781. The highest BCUT2D eigenvalue weighted by atomic mass is 16.6. The van der Waals surface area contributed by atoms with Gasteiger partial charge in [-0.25, -0.2) is 9.59 Å². The molecule has 1 saturated heterocycles. The van der Waals surface area contributed by atoms with E-state index < -0.39 is 17.2 Å². The number of carbonyl (C=O) groups is 3. The Bertz CT molecular complexity index is 1130. The average molecular weight is 525 g/mol. The van der Waals surface area contributed by atoms with E-state index in [0.29, 0.717) is 23.7 Å². The van der Waals surface area contributed by atoms with E-state index in [1.807, 2.05) is 0 Å². The Balaban J connectivity index is 1.29. The smallest absolute Gasteiger partial charge is 0.350 e. The van der Waals surface area contributed by atoms with E-state index in [1.54, 1.807) is 24.1 Å². The van der Waals surface area contributed by atoms with Gasteiger partial charge in [-0.05, 0) is 107 Å². The molecule has 6 nitrogen and oxygen atoms in total. The largest absolute Gasteiger partial charge is 0.459 e. The molecule has 0 N–H and O–H groups in total. The second-order valence-electron chi connectivity index (χ2n) is 14.4. The second kappa shape index (κ2) is 8.44. The summed E-state index contributed by atoms with van der Waals surface area (Å²) >= 11 is 0. The van der Waals surface area contributed by atoms with E-state index in [4.69, 9.17) is 14.2 Å². The third-order valence-corrected chi connectivity index (χ3v) is 12.4. The number of rotatable bonds is 2. The summed E-state index contributed by atoms with van der Waals surface area (Å²) in [6, 6.07) is 0. The van der Waals surface area contributed by atoms with E-state index in [0.717, 1.165) is 51.4 Å². The topological polar surface area (TPSA) is 78.9 Å². The molecule has 2 bridgehead atoms. The lowest BCUT2D eigenvalue weighted by Crippen LogP contribution is -2.51. The van der Waals surface area contributed by atoms with Gasteiger partial charge in [-0.15, -0.1) is 0 Å². The Kier molecular flexibility index (Phi) is 5.81. The summed E-state index contributed by atoms with van der Waals surface area (Å²) in [4.78, 5) is 37.1. The summed E-state index contributed by atoms with van der Waals surface area (Å²) in [5.74, 6) is 0.468. The standard InChI is InChI=1S/C32H44O6/c1-18(33)37-32(6)21-16-22(26(17-21)36-28(32)35)25-12-14-30(4)24-9-8-23-19(7-10-27(34)38-29(23,2)3)15-20(24)11-13-31(25,30)5/h7,10,19,21-23,25-26H,8-9,11-17H2,1-6H3/t19-,21+,22-,23+,25+,26+,30-,31+,32+/m0/s1. The van der Waals surface area contributed by atoms with Crippen molar-refractivity contribution in [3.8, 4) is 0 Å². The maximum Gasteiger partial charge on any atom is 0.350 e. The van der Waals surface area contributed by atoms with E-state index >= 15 is 0 Å². The van der Waals surface area contributed by atoms with Gasteiger partial charge in [-0.2, -0.15) is 0 Å². The van der Waals surface area contributed by atoms with Crippen molar-refractivity contribution in [2.45, 2.75) is 117 Å². The van der Waals surface area contributed by atoms with Crippen molar-refractivity contribution >= 4 is 17.9 Å². The highest BCUT2D eigenvalue weighted by molar-refractivity contribution is 5.84. The van der Waals surface area contributed by atoms with Crippen LogP contribution in [0, 0.1) is 40.4 Å². The van der Waals surface area contributed by atoms with Crippen LogP contribution in [0.5, 0.6) is 0 Å². The molecule has 0 spiro atoms. The van der Waals surface area contributed by atoms with Gasteiger partial charge in [0, 0.05) is 24.8 Å². The highest BCUT2D eigenvalue weighted by Gasteiger charge is 2.65. The average Bonchev–Trinajstić information content (AvgIpc) is 3.19. The number of allylic oxidation sites excluding steroid dienone is 3. The Morgan fingerprint density at radius 2 is 1.76 bits per heavy atom. The van der Waals surface area contributed by atoms with Crippen molar-refractivity contribution in [2.24, 2.45) is 40.4 Å². The minimum absolute atomic E-state index is 0.0261. The Hall–Kier alpha value is -2.11. The molecular formula is C32H44O6. The van der Waals surface area contributed by atoms with Crippen molar-refractivity contribution in [1.82, 2.24) is 0 Å². The number of hydrogen-bond acceptors (Lipinski definition) is 6. The summed E-state index contributed by atoms with van der Waals surface area (Å²) in [5, 5.41) is 0. The Morgan fingerprint density at radius 3 is 2.50 bits per heavy atom. The van der Waals surface area contributed by atoms with Crippen LogP contribution in [-0.4, -0.2) is 35.2 Å². The van der Waals surface area contributed by atoms with Gasteiger partial charge in [0.05, 0.1) is 0 Å². The van der Waals surface area contributed by atoms with Gasteiger partial charge in [0.1, 0.15) is 11.7 Å². The van der Waals surface area contributed by atoms with Crippen LogP contribution in [0.4, 0.5) is 0 Å². The number of carbonyl (C=O) groups excluding carboxylic acids is 3. The zero-order valence-corrected chi connectivity index (χ0v) is 23.9. The van der Waals surface area contributed by atoms with Gasteiger partial charge in [0.15, 0.2) is 0 Å². The molecule has 2 heterocycles. The first-order chi connectivity index (χ1) is 17.8. The first-order valence-corrected chi connectivity index (χ1v) is 14.8. The molecule has 9 atom stereocenters. The molecule has 6 heteroatoms. The third-order valence-electron chi connectivity index (χ3n) is 12.4. The summed E-state index contributed by atoms with van der Waals surface area (Å²) < 4.78 is 17.5. The van der Waals surface area contributed by atoms with Crippen molar-refractivity contribution in [1.29, 1.82) is 0 Å². The van der Waals surface area contributed by atoms with Gasteiger partial charge < -0.3 is 14.2 Å². The maximum absolute atomic E-state index is 13.0. The second-order valence-corrected chi connectivity index (χ2v) is 14.4. The number of esters is 3. The Morgan fingerprint density at radius 1 is 1.00 bits per heavy atom. The van der Waals surface area contributed by atoms with Gasteiger partial charge in [-0.3, -0.25) is 4.79 Å². The monoisotopic (exact) mass is 524 g/mol. The SMILES string of the molecule is CC(=O)O[C@@]1(C)C(=O)O[C@@H]2C[C@H]1C[C@H]2[C@H]1CC[C@@]2(C)C3=C(CC[C@]12C)C[C@@H]1C=CC(=O)OC(C)(C)[C@@H]1CC3. The summed E-state index contributed by atoms with van der Waals surface area (Å²) in [6.07, 6.45) is 13.1. The molecule has 38 heavy (non-hydrogen) atoms. The molecule has 2 aliphatic heterocycles. The summed E-state index contributed by atoms with van der Waals surface area (Å²) in [5.41, 5.74) is 1.92. The lowest BCUT2D eigenvalue weighted by molar-refractivity contribution is -0.197. The summed E-state index contributed by atoms with van der Waals surface area (Å²) in [7, 11) is 0. The molecule has 0 aromatic heterocycles. The molecule has 0 aromatic rings. The Labute approximate surface area is 226 Å². The van der Waals surface area contributed by atoms with Crippen molar-refractivity contribution < 1.29 is 28.6 Å². The molecule has 208 valence electrons. The normalized spacial score (nSPS) is 47.2. The molecule has 0 radical (unpaired) electrons. The zero-order valence-electron chi connectivity index (χ0n) is 23.9. The first kappa shape index (κ1) is 26.1. The van der Waals surface area contributed by atoms with Gasteiger partial charge in [0.2, 0.25) is 5.60 Å². The van der Waals surface area contributed by atoms with Gasteiger partial charge in [0.25, 0.3) is 0 Å². The van der Waals surface area contributed by atoms with Crippen LogP contribution in [-0.2, 0) is 28.6 Å². The quantitative estimate of drug-likeness (QED) is 0.247. The van der Waals surface area contributed by atoms with Gasteiger partial charge >= 0.3 is 17.9 Å². The lowest BCUT2D eigenvalue weighted by Gasteiger charge is -2.52. The predicted molar refractivity (Wildman–Crippen MR) is 142 cm³/mol. The minimum atomic E-state index is -1.16. The summed E-state index contributed by atoms with van der Waals surface area (Å²) in [6.45, 7) is 12.3. The molecule has 2 saturated carbocycles. The molecule has 0 unspecified atom stereocenters. The molecule has 4 aliphatic carbocycles. The van der Waals surface area contributed by atoms with Crippen molar-refractivity contribution in [3.63, 3.8) is 0 Å². The van der Waals surface area contributed by atoms with Crippen LogP contribution >= 0.6 is 0 Å². The van der Waals surface area contributed by atoms with Gasteiger partial charge in [-0.1, -0.05) is 31.1 Å². The fourth-order valence-electron chi connectivity index (χ4n) is 10.2.